The number of hydrogen-bond donors (Lipinski definition) is 2. The maximum atomic E-state index is 12.3. The van der Waals surface area contributed by atoms with Gasteiger partial charge in [0, 0.05) is 24.0 Å². The van der Waals surface area contributed by atoms with Crippen LogP contribution in [0, 0.1) is 0 Å². The molecule has 0 aliphatic carbocycles. The van der Waals surface area contributed by atoms with E-state index in [1.165, 1.54) is 6.20 Å². The number of aryl methyl sites for hydroxylation is 1. The van der Waals surface area contributed by atoms with Gasteiger partial charge >= 0.3 is 0 Å². The maximum absolute atomic E-state index is 12.3. The van der Waals surface area contributed by atoms with Gasteiger partial charge in [0.1, 0.15) is 4.90 Å². The van der Waals surface area contributed by atoms with Crippen molar-refractivity contribution in [3.8, 4) is 0 Å². The third kappa shape index (κ3) is 4.98. The highest BCUT2D eigenvalue weighted by atomic mass is 32.2. The summed E-state index contributed by atoms with van der Waals surface area (Å²) in [6.45, 7) is 5.78. The van der Waals surface area contributed by atoms with Crippen LogP contribution in [0.3, 0.4) is 0 Å². The van der Waals surface area contributed by atoms with E-state index in [4.69, 9.17) is 5.73 Å². The Morgan fingerprint density at radius 2 is 2.10 bits per heavy atom. The Morgan fingerprint density at radius 1 is 1.43 bits per heavy atom. The van der Waals surface area contributed by atoms with E-state index in [1.54, 1.807) is 22.6 Å². The number of nitrogens with zero attached hydrogens (tertiary/aromatic N) is 2. The Bertz CT molecular complexity index is 516. The molecule has 1 heterocycles. The van der Waals surface area contributed by atoms with E-state index >= 15 is 0 Å². The summed E-state index contributed by atoms with van der Waals surface area (Å²) < 4.78 is 28.9. The number of thioether (sulfide) groups is 1. The molecule has 0 saturated heterocycles. The lowest BCUT2D eigenvalue weighted by molar-refractivity contribution is 0.522. The zero-order valence-corrected chi connectivity index (χ0v) is 14.6. The number of nitrogens with one attached hydrogen (secondary N) is 1. The Labute approximate surface area is 131 Å². The Kier molecular flexibility index (Phi) is 7.19. The summed E-state index contributed by atoms with van der Waals surface area (Å²) >= 11 is 1.71. The summed E-state index contributed by atoms with van der Waals surface area (Å²) in [6, 6.07) is 0. The van der Waals surface area contributed by atoms with Gasteiger partial charge in [-0.1, -0.05) is 13.8 Å². The van der Waals surface area contributed by atoms with E-state index in [0.717, 1.165) is 19.3 Å². The molecule has 1 aromatic heterocycles. The van der Waals surface area contributed by atoms with E-state index in [0.29, 0.717) is 19.6 Å². The summed E-state index contributed by atoms with van der Waals surface area (Å²) in [5, 5.41) is 4.06. The first kappa shape index (κ1) is 18.5. The van der Waals surface area contributed by atoms with Crippen molar-refractivity contribution in [2.45, 2.75) is 49.3 Å². The van der Waals surface area contributed by atoms with Gasteiger partial charge in [-0.05, 0) is 32.1 Å². The van der Waals surface area contributed by atoms with Gasteiger partial charge in [-0.2, -0.15) is 16.9 Å². The van der Waals surface area contributed by atoms with Gasteiger partial charge in [-0.25, -0.2) is 13.1 Å². The molecule has 0 bridgehead atoms. The fourth-order valence-electron chi connectivity index (χ4n) is 2.03. The molecule has 6 nitrogen and oxygen atoms in total. The van der Waals surface area contributed by atoms with Crippen LogP contribution in [0.1, 0.15) is 33.1 Å². The summed E-state index contributed by atoms with van der Waals surface area (Å²) in [5.41, 5.74) is 5.44. The van der Waals surface area contributed by atoms with E-state index in [-0.39, 0.29) is 9.64 Å². The molecular weight excluding hydrogens is 308 g/mol. The normalized spacial score (nSPS) is 12.8. The average molecular weight is 335 g/mol. The lowest BCUT2D eigenvalue weighted by Crippen LogP contribution is -2.39. The van der Waals surface area contributed by atoms with Crippen molar-refractivity contribution in [3.05, 3.63) is 12.4 Å². The highest BCUT2D eigenvalue weighted by Crippen LogP contribution is 2.30. The van der Waals surface area contributed by atoms with Gasteiger partial charge in [0.05, 0.1) is 6.20 Å². The number of sulfonamides is 1. The lowest BCUT2D eigenvalue weighted by Gasteiger charge is -2.29. The number of nitrogens with two attached hydrogens (primary N) is 1. The van der Waals surface area contributed by atoms with Crippen LogP contribution in [0.5, 0.6) is 0 Å². The summed E-state index contributed by atoms with van der Waals surface area (Å²) in [4.78, 5) is 0.210. The smallest absolute Gasteiger partial charge is 0.243 e. The Morgan fingerprint density at radius 3 is 2.62 bits per heavy atom. The molecule has 122 valence electrons. The molecule has 0 aliphatic rings. The average Bonchev–Trinajstić information content (AvgIpc) is 2.97. The predicted molar refractivity (Wildman–Crippen MR) is 87.9 cm³/mol. The van der Waals surface area contributed by atoms with E-state index in [1.807, 2.05) is 6.26 Å². The first-order chi connectivity index (χ1) is 9.93. The maximum Gasteiger partial charge on any atom is 0.243 e. The van der Waals surface area contributed by atoms with Crippen molar-refractivity contribution in [2.75, 3.05) is 19.3 Å². The van der Waals surface area contributed by atoms with Crippen LogP contribution in [0.4, 0.5) is 0 Å². The molecule has 21 heavy (non-hydrogen) atoms. The SMILES string of the molecule is CCC(CC)(CNS(=O)(=O)c1cnn(CCCN)c1)SC. The van der Waals surface area contributed by atoms with Crippen LogP contribution in [0.25, 0.3) is 0 Å². The largest absolute Gasteiger partial charge is 0.330 e. The van der Waals surface area contributed by atoms with Crippen LogP contribution in [0.15, 0.2) is 17.3 Å². The van der Waals surface area contributed by atoms with Gasteiger partial charge in [0.2, 0.25) is 10.0 Å². The Balaban J connectivity index is 2.75. The zero-order chi connectivity index (χ0) is 15.9. The summed E-state index contributed by atoms with van der Waals surface area (Å²) in [7, 11) is -3.51. The van der Waals surface area contributed by atoms with Crippen molar-refractivity contribution < 1.29 is 8.42 Å². The molecule has 1 aromatic rings. The monoisotopic (exact) mass is 334 g/mol. The summed E-state index contributed by atoms with van der Waals surface area (Å²) in [5.74, 6) is 0. The molecular formula is C13H26N4O2S2. The second-order valence-electron chi connectivity index (χ2n) is 5.00. The fraction of sp³-hybridized carbons (Fsp3) is 0.769. The van der Waals surface area contributed by atoms with Crippen LogP contribution >= 0.6 is 11.8 Å². The van der Waals surface area contributed by atoms with Crippen LogP contribution in [-0.4, -0.2) is 42.3 Å². The second-order valence-corrected chi connectivity index (χ2v) is 8.04. The standard InChI is InChI=1S/C13H26N4O2S2/c1-4-13(5-2,20-3)11-16-21(18,19)12-9-15-17(10-12)8-6-7-14/h9-10,16H,4-8,11,14H2,1-3H3. The molecule has 0 radical (unpaired) electrons. The molecule has 0 fully saturated rings. The molecule has 0 aromatic carbocycles. The van der Waals surface area contributed by atoms with Crippen LogP contribution < -0.4 is 10.5 Å². The number of aromatic nitrogens is 2. The second kappa shape index (κ2) is 8.17. The Hall–Kier alpha value is -0.570. The fourth-order valence-corrected chi connectivity index (χ4v) is 3.99. The highest BCUT2D eigenvalue weighted by Gasteiger charge is 2.28. The van der Waals surface area contributed by atoms with Crippen molar-refractivity contribution in [1.82, 2.24) is 14.5 Å². The molecule has 0 unspecified atom stereocenters. The van der Waals surface area contributed by atoms with Crippen molar-refractivity contribution in [3.63, 3.8) is 0 Å². The van der Waals surface area contributed by atoms with Crippen molar-refractivity contribution in [1.29, 1.82) is 0 Å². The quantitative estimate of drug-likeness (QED) is 0.675. The molecule has 0 amide bonds. The molecule has 1 rings (SSSR count). The molecule has 0 atom stereocenters. The van der Waals surface area contributed by atoms with Crippen LogP contribution in [0.2, 0.25) is 0 Å². The van der Waals surface area contributed by atoms with Crippen molar-refractivity contribution in [2.24, 2.45) is 5.73 Å². The minimum Gasteiger partial charge on any atom is -0.330 e. The third-order valence-corrected chi connectivity index (χ3v) is 6.76. The number of rotatable bonds is 10. The topological polar surface area (TPSA) is 90.0 Å². The lowest BCUT2D eigenvalue weighted by atomic mass is 10.0. The van der Waals surface area contributed by atoms with Gasteiger partial charge in [-0.3, -0.25) is 4.68 Å². The number of hydrogen-bond acceptors (Lipinski definition) is 5. The van der Waals surface area contributed by atoms with Gasteiger partial charge in [-0.15, -0.1) is 0 Å². The highest BCUT2D eigenvalue weighted by molar-refractivity contribution is 8.00. The van der Waals surface area contributed by atoms with E-state index in [9.17, 15) is 8.42 Å². The van der Waals surface area contributed by atoms with E-state index in [2.05, 4.69) is 23.7 Å². The first-order valence-electron chi connectivity index (χ1n) is 7.20. The molecule has 0 aliphatic heterocycles. The van der Waals surface area contributed by atoms with Crippen LogP contribution in [-0.2, 0) is 16.6 Å². The molecule has 3 N–H and O–H groups in total. The first-order valence-corrected chi connectivity index (χ1v) is 9.91. The minimum absolute atomic E-state index is 0.0530. The molecule has 8 heteroatoms. The molecule has 0 spiro atoms. The zero-order valence-electron chi connectivity index (χ0n) is 13.0. The van der Waals surface area contributed by atoms with Crippen molar-refractivity contribution >= 4 is 21.8 Å². The van der Waals surface area contributed by atoms with E-state index < -0.39 is 10.0 Å². The minimum atomic E-state index is -3.51. The summed E-state index contributed by atoms with van der Waals surface area (Å²) in [6.07, 6.45) is 7.57. The molecule has 0 saturated carbocycles. The van der Waals surface area contributed by atoms with Gasteiger partial charge in [0.25, 0.3) is 0 Å². The van der Waals surface area contributed by atoms with Gasteiger partial charge < -0.3 is 5.73 Å². The third-order valence-electron chi connectivity index (χ3n) is 3.82. The predicted octanol–water partition coefficient (Wildman–Crippen LogP) is 1.43. The van der Waals surface area contributed by atoms with Gasteiger partial charge in [0.15, 0.2) is 0 Å².